The number of benzene rings is 1. The van der Waals surface area contributed by atoms with Gasteiger partial charge >= 0.3 is 0 Å². The molecule has 2 rings (SSSR count). The van der Waals surface area contributed by atoms with Crippen LogP contribution in [0.5, 0.6) is 0 Å². The molecule has 0 saturated carbocycles. The first-order chi connectivity index (χ1) is 7.81. The van der Waals surface area contributed by atoms with Gasteiger partial charge in [-0.2, -0.15) is 0 Å². The Morgan fingerprint density at radius 3 is 3.00 bits per heavy atom. The number of aliphatic hydroxyl groups is 2. The van der Waals surface area contributed by atoms with E-state index in [-0.39, 0.29) is 6.61 Å². The largest absolute Gasteiger partial charge is 0.394 e. The fraction of sp³-hybridized carbons (Fsp3) is 0.500. The van der Waals surface area contributed by atoms with Gasteiger partial charge in [-0.3, -0.25) is 0 Å². The number of hydrogen-bond donors (Lipinski definition) is 3. The van der Waals surface area contributed by atoms with Crippen LogP contribution in [0.1, 0.15) is 5.56 Å². The van der Waals surface area contributed by atoms with Crippen LogP contribution in [0.2, 0.25) is 0 Å². The first kappa shape index (κ1) is 11.4. The minimum absolute atomic E-state index is 0.188. The third kappa shape index (κ3) is 2.52. The van der Waals surface area contributed by atoms with Crippen molar-refractivity contribution in [2.45, 2.75) is 12.6 Å². The maximum atomic E-state index is 9.52. The average molecular weight is 222 g/mol. The van der Waals surface area contributed by atoms with E-state index >= 15 is 0 Å². The molecule has 3 N–H and O–H groups in total. The molecule has 0 aromatic heterocycles. The van der Waals surface area contributed by atoms with Gasteiger partial charge in [0.05, 0.1) is 12.7 Å². The summed E-state index contributed by atoms with van der Waals surface area (Å²) in [4.78, 5) is 2.12. The Labute approximate surface area is 95.5 Å². The van der Waals surface area contributed by atoms with E-state index in [1.165, 1.54) is 5.56 Å². The number of anilines is 1. The summed E-state index contributed by atoms with van der Waals surface area (Å²) < 4.78 is 0. The minimum Gasteiger partial charge on any atom is -0.394 e. The molecule has 0 spiro atoms. The number of hydrogen-bond acceptors (Lipinski definition) is 4. The molecule has 1 atom stereocenters. The molecule has 4 nitrogen and oxygen atoms in total. The molecule has 4 heteroatoms. The van der Waals surface area contributed by atoms with E-state index in [4.69, 9.17) is 5.11 Å². The predicted molar refractivity (Wildman–Crippen MR) is 63.5 cm³/mol. The summed E-state index contributed by atoms with van der Waals surface area (Å²) in [6.45, 7) is 2.91. The van der Waals surface area contributed by atoms with Crippen LogP contribution in [0.15, 0.2) is 24.3 Å². The third-order valence-corrected chi connectivity index (χ3v) is 2.85. The normalized spacial score (nSPS) is 17.8. The number of fused-ring (bicyclic) bond motifs is 1. The molecule has 1 aliphatic rings. The van der Waals surface area contributed by atoms with Crippen LogP contribution in [0, 0.1) is 0 Å². The molecule has 1 aromatic carbocycles. The van der Waals surface area contributed by atoms with Crippen molar-refractivity contribution < 1.29 is 10.2 Å². The van der Waals surface area contributed by atoms with Crippen molar-refractivity contribution in [3.63, 3.8) is 0 Å². The monoisotopic (exact) mass is 222 g/mol. The summed E-state index contributed by atoms with van der Waals surface area (Å²) in [5, 5.41) is 21.7. The molecule has 0 bridgehead atoms. The van der Waals surface area contributed by atoms with E-state index in [1.807, 2.05) is 12.1 Å². The maximum absolute atomic E-state index is 9.52. The molecule has 88 valence electrons. The summed E-state index contributed by atoms with van der Waals surface area (Å²) in [5.74, 6) is 0. The van der Waals surface area contributed by atoms with Crippen LogP contribution in [-0.2, 0) is 6.54 Å². The van der Waals surface area contributed by atoms with E-state index in [0.717, 1.165) is 25.3 Å². The van der Waals surface area contributed by atoms with Crippen LogP contribution in [-0.4, -0.2) is 42.6 Å². The molecular formula is C12H18N2O2. The molecule has 1 aromatic rings. The standard InChI is InChI=1S/C12H18N2O2/c15-9-11(16)8-14-6-5-13-7-10-3-1-2-4-12(10)14/h1-4,11,13,15-16H,5-9H2. The predicted octanol–water partition coefficient (Wildman–Crippen LogP) is -0.0506. The Balaban J connectivity index is 2.19. The van der Waals surface area contributed by atoms with E-state index in [2.05, 4.69) is 22.3 Å². The Morgan fingerprint density at radius 1 is 1.38 bits per heavy atom. The highest BCUT2D eigenvalue weighted by atomic mass is 16.3. The topological polar surface area (TPSA) is 55.7 Å². The van der Waals surface area contributed by atoms with Gasteiger partial charge in [-0.25, -0.2) is 0 Å². The molecule has 1 heterocycles. The van der Waals surface area contributed by atoms with Crippen molar-refractivity contribution >= 4 is 5.69 Å². The van der Waals surface area contributed by atoms with Crippen molar-refractivity contribution in [1.82, 2.24) is 5.32 Å². The van der Waals surface area contributed by atoms with Gasteiger partial charge < -0.3 is 20.4 Å². The summed E-state index contributed by atoms with van der Waals surface area (Å²) in [6.07, 6.45) is -0.675. The second-order valence-electron chi connectivity index (χ2n) is 4.09. The van der Waals surface area contributed by atoms with Gasteiger partial charge in [-0.1, -0.05) is 18.2 Å². The second kappa shape index (κ2) is 5.30. The third-order valence-electron chi connectivity index (χ3n) is 2.85. The molecule has 0 saturated heterocycles. The Morgan fingerprint density at radius 2 is 2.19 bits per heavy atom. The van der Waals surface area contributed by atoms with Gasteiger partial charge in [0.15, 0.2) is 0 Å². The van der Waals surface area contributed by atoms with E-state index in [9.17, 15) is 5.11 Å². The summed E-state index contributed by atoms with van der Waals surface area (Å²) in [6, 6.07) is 8.17. The molecule has 0 radical (unpaired) electrons. The van der Waals surface area contributed by atoms with Crippen LogP contribution < -0.4 is 10.2 Å². The Bertz CT molecular complexity index is 344. The van der Waals surface area contributed by atoms with Crippen LogP contribution in [0.25, 0.3) is 0 Å². The van der Waals surface area contributed by atoms with Crippen LogP contribution >= 0.6 is 0 Å². The smallest absolute Gasteiger partial charge is 0.0945 e. The quantitative estimate of drug-likeness (QED) is 0.671. The van der Waals surface area contributed by atoms with Crippen molar-refractivity contribution in [1.29, 1.82) is 0 Å². The summed E-state index contributed by atoms with van der Waals surface area (Å²) >= 11 is 0. The molecule has 0 aliphatic carbocycles. The van der Waals surface area contributed by atoms with E-state index < -0.39 is 6.10 Å². The molecule has 16 heavy (non-hydrogen) atoms. The minimum atomic E-state index is -0.675. The first-order valence-electron chi connectivity index (χ1n) is 5.63. The average Bonchev–Trinajstić information content (AvgIpc) is 2.52. The molecule has 1 unspecified atom stereocenters. The molecule has 0 amide bonds. The van der Waals surface area contributed by atoms with Gasteiger partial charge in [-0.05, 0) is 11.6 Å². The number of rotatable bonds is 3. The van der Waals surface area contributed by atoms with Gasteiger partial charge in [0.1, 0.15) is 0 Å². The van der Waals surface area contributed by atoms with Crippen molar-refractivity contribution in [3.05, 3.63) is 29.8 Å². The lowest BCUT2D eigenvalue weighted by molar-refractivity contribution is 0.1000. The molecular weight excluding hydrogens is 204 g/mol. The lowest BCUT2D eigenvalue weighted by Gasteiger charge is -2.26. The zero-order chi connectivity index (χ0) is 11.4. The van der Waals surface area contributed by atoms with Gasteiger partial charge in [0.25, 0.3) is 0 Å². The maximum Gasteiger partial charge on any atom is 0.0945 e. The van der Waals surface area contributed by atoms with E-state index in [1.54, 1.807) is 0 Å². The van der Waals surface area contributed by atoms with Crippen molar-refractivity contribution in [2.24, 2.45) is 0 Å². The number of nitrogens with one attached hydrogen (secondary N) is 1. The highest BCUT2D eigenvalue weighted by molar-refractivity contribution is 5.54. The lowest BCUT2D eigenvalue weighted by Crippen LogP contribution is -2.37. The van der Waals surface area contributed by atoms with Crippen LogP contribution in [0.4, 0.5) is 5.69 Å². The van der Waals surface area contributed by atoms with Gasteiger partial charge in [0, 0.05) is 31.9 Å². The lowest BCUT2D eigenvalue weighted by atomic mass is 10.1. The number of β-amino-alcohol motifs (C(OH)–C–C–N with tert-alkyl or cyclic N) is 1. The Hall–Kier alpha value is -1.10. The fourth-order valence-corrected chi connectivity index (χ4v) is 2.03. The highest BCUT2D eigenvalue weighted by Crippen LogP contribution is 2.21. The van der Waals surface area contributed by atoms with Crippen molar-refractivity contribution in [3.8, 4) is 0 Å². The Kier molecular flexibility index (Phi) is 3.77. The fourth-order valence-electron chi connectivity index (χ4n) is 2.03. The van der Waals surface area contributed by atoms with Gasteiger partial charge in [-0.15, -0.1) is 0 Å². The zero-order valence-electron chi connectivity index (χ0n) is 9.26. The zero-order valence-corrected chi connectivity index (χ0v) is 9.26. The molecule has 1 aliphatic heterocycles. The SMILES string of the molecule is OCC(O)CN1CCNCc2ccccc21. The summed E-state index contributed by atoms with van der Waals surface area (Å²) in [7, 11) is 0. The number of aliphatic hydroxyl groups excluding tert-OH is 2. The van der Waals surface area contributed by atoms with Gasteiger partial charge in [0.2, 0.25) is 0 Å². The summed E-state index contributed by atoms with van der Waals surface area (Å²) in [5.41, 5.74) is 2.39. The van der Waals surface area contributed by atoms with Crippen molar-refractivity contribution in [2.75, 3.05) is 31.1 Å². The second-order valence-corrected chi connectivity index (χ2v) is 4.09. The highest BCUT2D eigenvalue weighted by Gasteiger charge is 2.16. The number of nitrogens with zero attached hydrogens (tertiary/aromatic N) is 1. The van der Waals surface area contributed by atoms with E-state index in [0.29, 0.717) is 6.54 Å². The van der Waals surface area contributed by atoms with Crippen LogP contribution in [0.3, 0.4) is 0 Å². The molecule has 0 fully saturated rings. The first-order valence-corrected chi connectivity index (χ1v) is 5.63. The number of para-hydroxylation sites is 1.